The minimum atomic E-state index is -0.0815. The van der Waals surface area contributed by atoms with Crippen LogP contribution in [0.5, 0.6) is 0 Å². The van der Waals surface area contributed by atoms with Crippen LogP contribution in [0, 0.1) is 5.92 Å². The highest BCUT2D eigenvalue weighted by molar-refractivity contribution is 5.86. The molecule has 1 saturated heterocycles. The number of hydrogen-bond acceptors (Lipinski definition) is 3. The Hall–Kier alpha value is -1.10. The Kier molecular flexibility index (Phi) is 4.08. The summed E-state index contributed by atoms with van der Waals surface area (Å²) in [5, 5.41) is 5.87. The van der Waals surface area contributed by atoms with Crippen LogP contribution >= 0.6 is 0 Å². The van der Waals surface area contributed by atoms with Gasteiger partial charge in [-0.3, -0.25) is 9.59 Å². The number of likely N-dealkylation sites (N-methyl/N-ethyl adjacent to an activating group) is 1. The van der Waals surface area contributed by atoms with Gasteiger partial charge >= 0.3 is 0 Å². The van der Waals surface area contributed by atoms with E-state index in [-0.39, 0.29) is 30.3 Å². The van der Waals surface area contributed by atoms with Gasteiger partial charge in [0.15, 0.2) is 0 Å². The quantitative estimate of drug-likeness (QED) is 0.644. The zero-order chi connectivity index (χ0) is 11.4. The van der Waals surface area contributed by atoms with E-state index in [2.05, 4.69) is 10.6 Å². The van der Waals surface area contributed by atoms with Crippen molar-refractivity contribution in [2.75, 3.05) is 27.2 Å². The van der Waals surface area contributed by atoms with Crippen LogP contribution in [0.2, 0.25) is 0 Å². The van der Waals surface area contributed by atoms with Gasteiger partial charge in [0.1, 0.15) is 0 Å². The molecule has 0 bridgehead atoms. The van der Waals surface area contributed by atoms with Gasteiger partial charge in [-0.2, -0.15) is 0 Å². The van der Waals surface area contributed by atoms with Crippen LogP contribution in [0.3, 0.4) is 0 Å². The van der Waals surface area contributed by atoms with Crippen molar-refractivity contribution in [3.05, 3.63) is 0 Å². The summed E-state index contributed by atoms with van der Waals surface area (Å²) in [7, 11) is 3.35. The van der Waals surface area contributed by atoms with Crippen molar-refractivity contribution in [2.24, 2.45) is 5.92 Å². The topological polar surface area (TPSA) is 61.4 Å². The zero-order valence-corrected chi connectivity index (χ0v) is 9.54. The molecule has 0 aromatic rings. The van der Waals surface area contributed by atoms with Crippen molar-refractivity contribution < 1.29 is 9.59 Å². The zero-order valence-electron chi connectivity index (χ0n) is 9.54. The maximum atomic E-state index is 11.7. The lowest BCUT2D eigenvalue weighted by Crippen LogP contribution is -2.41. The van der Waals surface area contributed by atoms with E-state index < -0.39 is 0 Å². The van der Waals surface area contributed by atoms with Crippen molar-refractivity contribution in [3.8, 4) is 0 Å². The normalized spacial score (nSPS) is 25.0. The van der Waals surface area contributed by atoms with Crippen molar-refractivity contribution in [3.63, 3.8) is 0 Å². The molecule has 0 saturated carbocycles. The highest BCUT2D eigenvalue weighted by Gasteiger charge is 2.29. The fourth-order valence-corrected chi connectivity index (χ4v) is 1.67. The number of nitrogens with zero attached hydrogens (tertiary/aromatic N) is 1. The predicted octanol–water partition coefficient (Wildman–Crippen LogP) is -0.811. The van der Waals surface area contributed by atoms with Crippen LogP contribution in [0.4, 0.5) is 0 Å². The minimum absolute atomic E-state index is 0.0000350. The molecule has 0 aliphatic carbocycles. The first-order valence-electron chi connectivity index (χ1n) is 5.23. The monoisotopic (exact) mass is 213 g/mol. The molecule has 2 amide bonds. The largest absolute Gasteiger partial charge is 0.347 e. The predicted molar refractivity (Wildman–Crippen MR) is 57.3 cm³/mol. The van der Waals surface area contributed by atoms with E-state index in [0.29, 0.717) is 0 Å². The van der Waals surface area contributed by atoms with Crippen LogP contribution in [0.1, 0.15) is 13.3 Å². The summed E-state index contributed by atoms with van der Waals surface area (Å²) < 4.78 is 0. The minimum Gasteiger partial charge on any atom is -0.347 e. The Balaban J connectivity index is 2.33. The van der Waals surface area contributed by atoms with E-state index >= 15 is 0 Å². The molecule has 1 aliphatic rings. The summed E-state index contributed by atoms with van der Waals surface area (Å²) in [6, 6.07) is 0.208. The lowest BCUT2D eigenvalue weighted by molar-refractivity contribution is -0.132. The van der Waals surface area contributed by atoms with Crippen molar-refractivity contribution >= 4 is 11.8 Å². The van der Waals surface area contributed by atoms with Crippen LogP contribution < -0.4 is 10.6 Å². The Morgan fingerprint density at radius 3 is 2.60 bits per heavy atom. The van der Waals surface area contributed by atoms with E-state index in [0.717, 1.165) is 13.0 Å². The number of nitrogens with one attached hydrogen (secondary N) is 2. The maximum absolute atomic E-state index is 11.7. The Morgan fingerprint density at radius 2 is 2.13 bits per heavy atom. The molecule has 2 unspecified atom stereocenters. The molecule has 1 rings (SSSR count). The van der Waals surface area contributed by atoms with E-state index in [9.17, 15) is 9.59 Å². The summed E-state index contributed by atoms with van der Waals surface area (Å²) >= 11 is 0. The van der Waals surface area contributed by atoms with Crippen molar-refractivity contribution in [1.29, 1.82) is 0 Å². The molecule has 5 nitrogen and oxygen atoms in total. The van der Waals surface area contributed by atoms with Crippen molar-refractivity contribution in [2.45, 2.75) is 19.4 Å². The molecular weight excluding hydrogens is 194 g/mol. The Morgan fingerprint density at radius 1 is 1.47 bits per heavy atom. The van der Waals surface area contributed by atoms with Gasteiger partial charge in [-0.05, 0) is 19.9 Å². The number of carbonyl (C=O) groups excluding carboxylic acids is 2. The Bertz CT molecular complexity index is 253. The average Bonchev–Trinajstić information content (AvgIpc) is 2.60. The van der Waals surface area contributed by atoms with E-state index in [1.807, 2.05) is 6.92 Å². The second-order valence-corrected chi connectivity index (χ2v) is 4.14. The lowest BCUT2D eigenvalue weighted by atomic mass is 10.0. The van der Waals surface area contributed by atoms with E-state index in [1.165, 1.54) is 4.90 Å². The first kappa shape index (κ1) is 12.0. The molecule has 15 heavy (non-hydrogen) atoms. The van der Waals surface area contributed by atoms with Crippen LogP contribution in [0.15, 0.2) is 0 Å². The fraction of sp³-hybridized carbons (Fsp3) is 0.800. The molecule has 2 atom stereocenters. The molecular formula is C10H19N3O2. The van der Waals surface area contributed by atoms with E-state index in [4.69, 9.17) is 0 Å². The number of rotatable bonds is 3. The van der Waals surface area contributed by atoms with Crippen LogP contribution in [-0.4, -0.2) is 49.9 Å². The molecule has 1 fully saturated rings. The van der Waals surface area contributed by atoms with Crippen LogP contribution in [-0.2, 0) is 9.59 Å². The smallest absolute Gasteiger partial charge is 0.241 e. The number of amides is 2. The van der Waals surface area contributed by atoms with Crippen molar-refractivity contribution in [1.82, 2.24) is 15.5 Å². The molecule has 1 aliphatic heterocycles. The third-order valence-electron chi connectivity index (χ3n) is 2.77. The maximum Gasteiger partial charge on any atom is 0.241 e. The van der Waals surface area contributed by atoms with Crippen LogP contribution in [0.25, 0.3) is 0 Å². The summed E-state index contributed by atoms with van der Waals surface area (Å²) in [6.07, 6.45) is 0.850. The van der Waals surface area contributed by atoms with Gasteiger partial charge in [0.25, 0.3) is 0 Å². The van der Waals surface area contributed by atoms with Gasteiger partial charge < -0.3 is 15.5 Å². The molecule has 1 heterocycles. The molecule has 2 N–H and O–H groups in total. The van der Waals surface area contributed by atoms with Gasteiger partial charge in [0.05, 0.1) is 12.5 Å². The van der Waals surface area contributed by atoms with Gasteiger partial charge in [-0.25, -0.2) is 0 Å². The first-order valence-corrected chi connectivity index (χ1v) is 5.23. The Labute approximate surface area is 90.2 Å². The van der Waals surface area contributed by atoms with Gasteiger partial charge in [0, 0.05) is 20.1 Å². The highest BCUT2D eigenvalue weighted by atomic mass is 16.2. The first-order chi connectivity index (χ1) is 7.02. The highest BCUT2D eigenvalue weighted by Crippen LogP contribution is 2.14. The lowest BCUT2D eigenvalue weighted by Gasteiger charge is -2.16. The second kappa shape index (κ2) is 5.11. The molecule has 5 heteroatoms. The summed E-state index contributed by atoms with van der Waals surface area (Å²) in [5.41, 5.74) is 0. The third kappa shape index (κ3) is 3.20. The van der Waals surface area contributed by atoms with Gasteiger partial charge in [0.2, 0.25) is 11.8 Å². The van der Waals surface area contributed by atoms with Gasteiger partial charge in [-0.1, -0.05) is 0 Å². The summed E-state index contributed by atoms with van der Waals surface area (Å²) in [6.45, 7) is 2.96. The molecule has 0 spiro atoms. The molecule has 0 aromatic heterocycles. The van der Waals surface area contributed by atoms with Gasteiger partial charge in [-0.15, -0.1) is 0 Å². The third-order valence-corrected chi connectivity index (χ3v) is 2.77. The molecule has 86 valence electrons. The number of carbonyl (C=O) groups is 2. The SMILES string of the molecule is CC1NCCC1C(=O)NCC(=O)N(C)C. The summed E-state index contributed by atoms with van der Waals surface area (Å²) in [5.74, 6) is -0.107. The standard InChI is InChI=1S/C10H19N3O2/c1-7-8(4-5-11-7)10(15)12-6-9(14)13(2)3/h7-8,11H,4-6H2,1-3H3,(H,12,15). The average molecular weight is 213 g/mol. The second-order valence-electron chi connectivity index (χ2n) is 4.14. The summed E-state index contributed by atoms with van der Waals surface area (Å²) in [4.78, 5) is 24.4. The number of hydrogen-bond donors (Lipinski definition) is 2. The molecule has 0 aromatic carbocycles. The fourth-order valence-electron chi connectivity index (χ4n) is 1.67. The molecule has 0 radical (unpaired) electrons. The van der Waals surface area contributed by atoms with E-state index in [1.54, 1.807) is 14.1 Å².